The maximum absolute atomic E-state index is 12.4. The Balaban J connectivity index is 1.88. The van der Waals surface area contributed by atoms with Crippen LogP contribution >= 0.6 is 0 Å². The van der Waals surface area contributed by atoms with Gasteiger partial charge in [0.1, 0.15) is 19.0 Å². The number of nitrogens with one attached hydrogen (secondary N) is 1. The minimum atomic E-state index is -0.166. The average molecular weight is 416 g/mol. The average Bonchev–Trinajstić information content (AvgIpc) is 2.74. The van der Waals surface area contributed by atoms with E-state index < -0.39 is 0 Å². The van der Waals surface area contributed by atoms with Gasteiger partial charge in [0.05, 0.1) is 25.9 Å². The number of rotatable bonds is 13. The van der Waals surface area contributed by atoms with Crippen LogP contribution in [0.25, 0.3) is 0 Å². The molecule has 0 saturated heterocycles. The third-order valence-corrected chi connectivity index (χ3v) is 4.38. The fourth-order valence-electron chi connectivity index (χ4n) is 3.01. The van der Waals surface area contributed by atoms with Crippen LogP contribution in [0, 0.1) is 5.92 Å². The topological polar surface area (TPSA) is 66.0 Å². The van der Waals surface area contributed by atoms with Crippen molar-refractivity contribution in [2.24, 2.45) is 5.92 Å². The second kappa shape index (κ2) is 12.8. The van der Waals surface area contributed by atoms with E-state index in [1.165, 1.54) is 0 Å². The Kier molecular flexibility index (Phi) is 10.0. The quantitative estimate of drug-likeness (QED) is 0.492. The molecule has 1 N–H and O–H groups in total. The van der Waals surface area contributed by atoms with Crippen LogP contribution in [0.4, 0.5) is 0 Å². The molecule has 2 aromatic rings. The summed E-state index contributed by atoms with van der Waals surface area (Å²) in [5.41, 5.74) is 0.970. The highest BCUT2D eigenvalue weighted by Gasteiger charge is 2.20. The molecule has 6 nitrogen and oxygen atoms in total. The maximum Gasteiger partial charge on any atom is 0.246 e. The molecule has 2 aromatic carbocycles. The molecule has 0 fully saturated rings. The first-order chi connectivity index (χ1) is 14.5. The molecule has 164 valence electrons. The number of benzene rings is 2. The summed E-state index contributed by atoms with van der Waals surface area (Å²) in [6, 6.07) is 15.2. The van der Waals surface area contributed by atoms with Crippen molar-refractivity contribution >= 4 is 5.91 Å². The fraction of sp³-hybridized carbons (Fsp3) is 0.458. The first kappa shape index (κ1) is 23.5. The molecule has 0 bridgehead atoms. The summed E-state index contributed by atoms with van der Waals surface area (Å²) in [6.45, 7) is 9.82. The molecule has 0 aromatic heterocycles. The van der Waals surface area contributed by atoms with Gasteiger partial charge in [-0.2, -0.15) is 0 Å². The van der Waals surface area contributed by atoms with Crippen LogP contribution in [0.2, 0.25) is 0 Å². The summed E-state index contributed by atoms with van der Waals surface area (Å²) in [7, 11) is 0. The number of carbonyl (C=O) groups excluding carboxylic acids is 1. The zero-order chi connectivity index (χ0) is 21.8. The second-order valence-corrected chi connectivity index (χ2v) is 7.08. The van der Waals surface area contributed by atoms with Gasteiger partial charge in [-0.15, -0.1) is 0 Å². The SMILES string of the molecule is CCOc1ccc(C(NC(=O)COCCOc2ccccc2)C(C)C)cc1OCC. The van der Waals surface area contributed by atoms with Gasteiger partial charge < -0.3 is 24.3 Å². The van der Waals surface area contributed by atoms with Crippen LogP contribution in [0.15, 0.2) is 48.5 Å². The van der Waals surface area contributed by atoms with Crippen LogP contribution < -0.4 is 19.5 Å². The van der Waals surface area contributed by atoms with Gasteiger partial charge in [-0.05, 0) is 49.6 Å². The highest BCUT2D eigenvalue weighted by Crippen LogP contribution is 2.32. The minimum absolute atomic E-state index is 0.0171. The molecule has 0 aliphatic rings. The smallest absolute Gasteiger partial charge is 0.246 e. The number of ether oxygens (including phenoxy) is 4. The Bertz CT molecular complexity index is 763. The van der Waals surface area contributed by atoms with Crippen molar-refractivity contribution in [3.63, 3.8) is 0 Å². The van der Waals surface area contributed by atoms with Crippen molar-refractivity contribution in [3.8, 4) is 17.2 Å². The molecule has 0 heterocycles. The number of hydrogen-bond acceptors (Lipinski definition) is 5. The van der Waals surface area contributed by atoms with Gasteiger partial charge in [-0.25, -0.2) is 0 Å². The van der Waals surface area contributed by atoms with E-state index in [-0.39, 0.29) is 24.5 Å². The van der Waals surface area contributed by atoms with E-state index in [0.29, 0.717) is 37.9 Å². The van der Waals surface area contributed by atoms with E-state index in [1.807, 2.05) is 62.4 Å². The summed E-state index contributed by atoms with van der Waals surface area (Å²) >= 11 is 0. The van der Waals surface area contributed by atoms with Crippen molar-refractivity contribution in [2.75, 3.05) is 33.0 Å². The van der Waals surface area contributed by atoms with Crippen LogP contribution in [-0.4, -0.2) is 38.9 Å². The van der Waals surface area contributed by atoms with Crippen molar-refractivity contribution in [1.82, 2.24) is 5.32 Å². The number of amides is 1. The molecular formula is C24H33NO5. The van der Waals surface area contributed by atoms with Gasteiger partial charge in [-0.3, -0.25) is 4.79 Å². The molecule has 0 spiro atoms. The van der Waals surface area contributed by atoms with E-state index in [2.05, 4.69) is 19.2 Å². The number of para-hydroxylation sites is 1. The van der Waals surface area contributed by atoms with Gasteiger partial charge in [-0.1, -0.05) is 38.1 Å². The van der Waals surface area contributed by atoms with Crippen molar-refractivity contribution in [1.29, 1.82) is 0 Å². The Morgan fingerprint density at radius 3 is 2.27 bits per heavy atom. The lowest BCUT2D eigenvalue weighted by molar-refractivity contribution is -0.127. The van der Waals surface area contributed by atoms with Crippen molar-refractivity contribution in [2.45, 2.75) is 33.7 Å². The Morgan fingerprint density at radius 1 is 0.900 bits per heavy atom. The van der Waals surface area contributed by atoms with E-state index in [9.17, 15) is 4.79 Å². The third kappa shape index (κ3) is 7.59. The van der Waals surface area contributed by atoms with Crippen molar-refractivity contribution < 1.29 is 23.7 Å². The lowest BCUT2D eigenvalue weighted by Gasteiger charge is -2.24. The highest BCUT2D eigenvalue weighted by atomic mass is 16.5. The normalized spacial score (nSPS) is 11.8. The first-order valence-corrected chi connectivity index (χ1v) is 10.5. The van der Waals surface area contributed by atoms with Crippen LogP contribution in [0.1, 0.15) is 39.3 Å². The monoisotopic (exact) mass is 415 g/mol. The molecule has 1 atom stereocenters. The third-order valence-electron chi connectivity index (χ3n) is 4.38. The van der Waals surface area contributed by atoms with E-state index >= 15 is 0 Å². The zero-order valence-electron chi connectivity index (χ0n) is 18.4. The number of carbonyl (C=O) groups is 1. The second-order valence-electron chi connectivity index (χ2n) is 7.08. The summed E-state index contributed by atoms with van der Waals surface area (Å²) < 4.78 is 22.4. The van der Waals surface area contributed by atoms with Crippen LogP contribution in [0.5, 0.6) is 17.2 Å². The van der Waals surface area contributed by atoms with Gasteiger partial charge in [0.15, 0.2) is 11.5 Å². The molecule has 0 aliphatic heterocycles. The van der Waals surface area contributed by atoms with E-state index in [0.717, 1.165) is 11.3 Å². The van der Waals surface area contributed by atoms with Crippen LogP contribution in [-0.2, 0) is 9.53 Å². The zero-order valence-corrected chi connectivity index (χ0v) is 18.4. The number of hydrogen-bond donors (Lipinski definition) is 1. The lowest BCUT2D eigenvalue weighted by atomic mass is 9.95. The lowest BCUT2D eigenvalue weighted by Crippen LogP contribution is -2.34. The van der Waals surface area contributed by atoms with Gasteiger partial charge in [0, 0.05) is 0 Å². The fourth-order valence-corrected chi connectivity index (χ4v) is 3.01. The maximum atomic E-state index is 12.4. The Hall–Kier alpha value is -2.73. The van der Waals surface area contributed by atoms with Gasteiger partial charge >= 0.3 is 0 Å². The molecule has 0 aliphatic carbocycles. The van der Waals surface area contributed by atoms with E-state index in [4.69, 9.17) is 18.9 Å². The molecule has 30 heavy (non-hydrogen) atoms. The Labute approximate surface area is 179 Å². The molecular weight excluding hydrogens is 382 g/mol. The van der Waals surface area contributed by atoms with E-state index in [1.54, 1.807) is 0 Å². The molecule has 6 heteroatoms. The summed E-state index contributed by atoms with van der Waals surface area (Å²) in [5, 5.41) is 3.06. The largest absolute Gasteiger partial charge is 0.491 e. The minimum Gasteiger partial charge on any atom is -0.491 e. The molecule has 0 radical (unpaired) electrons. The first-order valence-electron chi connectivity index (χ1n) is 10.5. The standard InChI is InChI=1S/C24H33NO5/c1-5-28-21-13-12-19(16-22(21)29-6-2)24(18(3)4)25-23(26)17-27-14-15-30-20-10-8-7-9-11-20/h7-13,16,18,24H,5-6,14-15,17H2,1-4H3,(H,25,26). The molecule has 2 rings (SSSR count). The molecule has 1 unspecified atom stereocenters. The van der Waals surface area contributed by atoms with Crippen LogP contribution in [0.3, 0.4) is 0 Å². The predicted octanol–water partition coefficient (Wildman–Crippen LogP) is 4.39. The molecule has 0 saturated carbocycles. The van der Waals surface area contributed by atoms with Crippen molar-refractivity contribution in [3.05, 3.63) is 54.1 Å². The molecule has 1 amide bonds. The summed E-state index contributed by atoms with van der Waals surface area (Å²) in [4.78, 5) is 12.4. The summed E-state index contributed by atoms with van der Waals surface area (Å²) in [6.07, 6.45) is 0. The van der Waals surface area contributed by atoms with Gasteiger partial charge in [0.2, 0.25) is 5.91 Å². The predicted molar refractivity (Wildman–Crippen MR) is 117 cm³/mol. The summed E-state index contributed by atoms with van der Waals surface area (Å²) in [5.74, 6) is 2.21. The Morgan fingerprint density at radius 2 is 1.60 bits per heavy atom. The van der Waals surface area contributed by atoms with Gasteiger partial charge in [0.25, 0.3) is 0 Å². The highest BCUT2D eigenvalue weighted by molar-refractivity contribution is 5.77.